The van der Waals surface area contributed by atoms with E-state index in [2.05, 4.69) is 99.0 Å². The van der Waals surface area contributed by atoms with E-state index < -0.39 is 20.0 Å². The number of hydrogen-bond donors (Lipinski definition) is 2. The Morgan fingerprint density at radius 2 is 0.771 bits per heavy atom. The van der Waals surface area contributed by atoms with Gasteiger partial charge in [0, 0.05) is 12.8 Å². The molecule has 0 rings (SSSR count). The highest BCUT2D eigenvalue weighted by Crippen LogP contribution is 2.43. The van der Waals surface area contributed by atoms with Crippen LogP contribution in [-0.4, -0.2) is 74.3 Å². The number of likely N-dealkylation sites (N-methyl/N-ethyl adjacent to an activating group) is 1. The first-order valence-corrected chi connectivity index (χ1v) is 36.4. The minimum absolute atomic E-state index is 0.0329. The topological polar surface area (TPSA) is 111 Å². The van der Waals surface area contributed by atoms with Crippen molar-refractivity contribution in [3.63, 3.8) is 0 Å². The lowest BCUT2D eigenvalue weighted by atomic mass is 10.0. The minimum atomic E-state index is -4.46. The normalized spacial score (nSPS) is 14.1. The number of amides is 1. The van der Waals surface area contributed by atoms with Crippen molar-refractivity contribution >= 4 is 19.7 Å². The highest BCUT2D eigenvalue weighted by atomic mass is 31.2. The van der Waals surface area contributed by atoms with Crippen LogP contribution in [0.25, 0.3) is 0 Å². The summed E-state index contributed by atoms with van der Waals surface area (Å²) < 4.78 is 30.8. The molecule has 83 heavy (non-hydrogen) atoms. The van der Waals surface area contributed by atoms with E-state index in [1.165, 1.54) is 173 Å². The summed E-state index contributed by atoms with van der Waals surface area (Å²) >= 11 is 0. The van der Waals surface area contributed by atoms with Crippen molar-refractivity contribution in [3.8, 4) is 0 Å². The number of allylic oxidation sites excluding steroid dienone is 13. The van der Waals surface area contributed by atoms with E-state index in [4.69, 9.17) is 13.8 Å². The largest absolute Gasteiger partial charge is 0.472 e. The van der Waals surface area contributed by atoms with Gasteiger partial charge in [-0.15, -0.1) is 0 Å². The highest BCUT2D eigenvalue weighted by Gasteiger charge is 2.30. The second-order valence-electron chi connectivity index (χ2n) is 24.7. The van der Waals surface area contributed by atoms with Crippen LogP contribution in [0.2, 0.25) is 0 Å². The van der Waals surface area contributed by atoms with Crippen LogP contribution in [0.15, 0.2) is 85.1 Å². The molecule has 0 saturated heterocycles. The third-order valence-corrected chi connectivity index (χ3v) is 16.3. The molecular formula is C73H134N2O7P+. The Kier molecular flexibility index (Phi) is 60.1. The fraction of sp³-hybridized carbons (Fsp3) is 0.781. The van der Waals surface area contributed by atoms with Crippen molar-refractivity contribution in [3.05, 3.63) is 85.1 Å². The third kappa shape index (κ3) is 63.5. The Morgan fingerprint density at radius 1 is 0.434 bits per heavy atom. The Hall–Kier alpha value is -2.81. The fourth-order valence-electron chi connectivity index (χ4n) is 10.0. The van der Waals surface area contributed by atoms with Gasteiger partial charge in [0.05, 0.1) is 33.8 Å². The van der Waals surface area contributed by atoms with Crippen molar-refractivity contribution < 1.29 is 37.3 Å². The number of unbranched alkanes of at least 4 members (excludes halogenated alkanes) is 35. The molecule has 0 radical (unpaired) electrons. The summed E-state index contributed by atoms with van der Waals surface area (Å²) in [6.45, 7) is 6.91. The molecule has 0 aromatic carbocycles. The predicted molar refractivity (Wildman–Crippen MR) is 360 cm³/mol. The monoisotopic (exact) mass is 1180 g/mol. The third-order valence-electron chi connectivity index (χ3n) is 15.3. The van der Waals surface area contributed by atoms with Crippen LogP contribution in [0.5, 0.6) is 0 Å². The first-order valence-electron chi connectivity index (χ1n) is 34.9. The summed E-state index contributed by atoms with van der Waals surface area (Å²) in [4.78, 5) is 37.9. The lowest BCUT2D eigenvalue weighted by Crippen LogP contribution is -2.47. The Bertz CT molecular complexity index is 1700. The van der Waals surface area contributed by atoms with Crippen LogP contribution < -0.4 is 5.32 Å². The molecule has 0 aromatic heterocycles. The van der Waals surface area contributed by atoms with E-state index in [0.717, 1.165) is 103 Å². The Labute approximate surface area is 514 Å². The molecule has 0 spiro atoms. The van der Waals surface area contributed by atoms with Gasteiger partial charge in [-0.3, -0.25) is 18.6 Å². The van der Waals surface area contributed by atoms with Crippen LogP contribution in [0, 0.1) is 0 Å². The SMILES string of the molecule is CC/C=C\C/C=C\C/C=C\C/C=C\C/C=C\C/C=C\CCCCCCC(=O)NC(COP(=O)(O)OCC[N+](C)(C)C)C(/C=C/CCCCCCCCCCCCC)OC(=O)CCCCCCCCCCCCCCCCCCCCCCC. The quantitative estimate of drug-likeness (QED) is 0.0205. The molecule has 0 aliphatic rings. The average Bonchev–Trinajstić information content (AvgIpc) is 3.46. The molecule has 1 amide bonds. The number of phosphoric acid groups is 1. The number of esters is 1. The number of nitrogens with one attached hydrogen (secondary N) is 1. The predicted octanol–water partition coefficient (Wildman–Crippen LogP) is 22.1. The maximum Gasteiger partial charge on any atom is 0.472 e. The van der Waals surface area contributed by atoms with Gasteiger partial charge in [0.2, 0.25) is 5.91 Å². The fourth-order valence-corrected chi connectivity index (χ4v) is 10.7. The maximum absolute atomic E-state index is 13.6. The van der Waals surface area contributed by atoms with Gasteiger partial charge in [-0.25, -0.2) is 4.57 Å². The average molecular weight is 1180 g/mol. The number of rotatable bonds is 63. The Balaban J connectivity index is 5.20. The summed E-state index contributed by atoms with van der Waals surface area (Å²) in [5, 5.41) is 3.06. The first kappa shape index (κ1) is 80.2. The smallest absolute Gasteiger partial charge is 0.456 e. The second kappa shape index (κ2) is 62.2. The van der Waals surface area contributed by atoms with Gasteiger partial charge in [0.15, 0.2) is 0 Å². The lowest BCUT2D eigenvalue weighted by molar-refractivity contribution is -0.870. The molecule has 0 heterocycles. The van der Waals surface area contributed by atoms with Crippen LogP contribution in [0.3, 0.4) is 0 Å². The van der Waals surface area contributed by atoms with Gasteiger partial charge in [-0.1, -0.05) is 305 Å². The summed E-state index contributed by atoms with van der Waals surface area (Å²) in [5.74, 6) is -0.525. The standard InChI is InChI=1S/C73H133N2O7P/c1-7-10-13-16-19-22-25-28-30-32-34-36-37-39-40-42-44-47-50-53-56-59-62-65-72(76)74-70(69-81-83(78,79)80-68-67-75(4,5)6)71(64-61-58-55-52-49-46-27-24-21-18-15-12-9-3)82-73(77)66-63-60-57-54-51-48-45-43-41-38-35-33-31-29-26-23-20-17-14-11-8-2/h10,13,19,22,28,30,34,36,39-40,44,47,61,64,70-71H,7-9,11-12,14-18,20-21,23-27,29,31-33,35,37-38,41-43,45-46,48-60,62-63,65-69H2,1-6H3,(H-,74,76,78,79)/p+1/b13-10-,22-19-,30-28-,36-34-,40-39-,47-44-,64-61+. The molecule has 2 N–H and O–H groups in total. The van der Waals surface area contributed by atoms with E-state index in [0.29, 0.717) is 23.9 Å². The van der Waals surface area contributed by atoms with Gasteiger partial charge in [0.1, 0.15) is 19.3 Å². The van der Waals surface area contributed by atoms with E-state index in [1.807, 2.05) is 33.3 Å². The molecule has 0 saturated carbocycles. The van der Waals surface area contributed by atoms with Gasteiger partial charge >= 0.3 is 13.8 Å². The maximum atomic E-state index is 13.6. The zero-order chi connectivity index (χ0) is 60.7. The summed E-state index contributed by atoms with van der Waals surface area (Å²) in [6.07, 6.45) is 83.0. The van der Waals surface area contributed by atoms with Crippen LogP contribution in [0.1, 0.15) is 316 Å². The van der Waals surface area contributed by atoms with Crippen molar-refractivity contribution in [2.45, 2.75) is 328 Å². The molecule has 482 valence electrons. The van der Waals surface area contributed by atoms with Crippen molar-refractivity contribution in [1.29, 1.82) is 0 Å². The van der Waals surface area contributed by atoms with Gasteiger partial charge in [-0.05, 0) is 83.1 Å². The number of hydrogen-bond acceptors (Lipinski definition) is 6. The van der Waals surface area contributed by atoms with Gasteiger partial charge < -0.3 is 19.4 Å². The number of quaternary nitrogens is 1. The zero-order valence-corrected chi connectivity index (χ0v) is 56.1. The summed E-state index contributed by atoms with van der Waals surface area (Å²) in [6, 6.07) is -0.865. The van der Waals surface area contributed by atoms with Crippen LogP contribution in [-0.2, 0) is 27.9 Å². The molecule has 0 aromatic rings. The minimum Gasteiger partial charge on any atom is -0.456 e. The molecule has 3 unspecified atom stereocenters. The molecule has 9 nitrogen and oxygen atoms in total. The van der Waals surface area contributed by atoms with E-state index in [1.54, 1.807) is 0 Å². The summed E-state index contributed by atoms with van der Waals surface area (Å²) in [5.41, 5.74) is 0. The Morgan fingerprint density at radius 3 is 1.16 bits per heavy atom. The van der Waals surface area contributed by atoms with E-state index in [-0.39, 0.29) is 31.5 Å². The molecule has 0 bridgehead atoms. The number of carbonyl (C=O) groups is 2. The second-order valence-corrected chi connectivity index (χ2v) is 26.1. The molecule has 3 atom stereocenters. The first-order chi connectivity index (χ1) is 40.4. The number of ether oxygens (including phenoxy) is 1. The number of phosphoric ester groups is 1. The molecular weight excluding hydrogens is 1050 g/mol. The molecule has 0 fully saturated rings. The van der Waals surface area contributed by atoms with E-state index >= 15 is 0 Å². The van der Waals surface area contributed by atoms with Crippen LogP contribution in [0.4, 0.5) is 0 Å². The highest BCUT2D eigenvalue weighted by molar-refractivity contribution is 7.47. The molecule has 0 aliphatic heterocycles. The van der Waals surface area contributed by atoms with E-state index in [9.17, 15) is 19.0 Å². The molecule has 0 aliphatic carbocycles. The van der Waals surface area contributed by atoms with Gasteiger partial charge in [0.25, 0.3) is 0 Å². The molecule has 10 heteroatoms. The van der Waals surface area contributed by atoms with Crippen molar-refractivity contribution in [2.75, 3.05) is 40.9 Å². The van der Waals surface area contributed by atoms with Crippen LogP contribution >= 0.6 is 7.82 Å². The van der Waals surface area contributed by atoms with Gasteiger partial charge in [-0.2, -0.15) is 0 Å². The zero-order valence-electron chi connectivity index (χ0n) is 55.2. The summed E-state index contributed by atoms with van der Waals surface area (Å²) in [7, 11) is 1.48. The lowest BCUT2D eigenvalue weighted by Gasteiger charge is -2.27. The number of carbonyl (C=O) groups excluding carboxylic acids is 2. The van der Waals surface area contributed by atoms with Crippen molar-refractivity contribution in [2.24, 2.45) is 0 Å². The number of nitrogens with zero attached hydrogens (tertiary/aromatic N) is 1. The van der Waals surface area contributed by atoms with Crippen molar-refractivity contribution in [1.82, 2.24) is 5.32 Å².